The lowest BCUT2D eigenvalue weighted by Gasteiger charge is -2.51. The van der Waals surface area contributed by atoms with Crippen LogP contribution in [0, 0.1) is 0 Å². The van der Waals surface area contributed by atoms with Gasteiger partial charge < -0.3 is 236 Å². The summed E-state index contributed by atoms with van der Waals surface area (Å²) < 4.78 is 95.6. The van der Waals surface area contributed by atoms with Gasteiger partial charge in [-0.1, -0.05) is 12.1 Å². The van der Waals surface area contributed by atoms with Gasteiger partial charge in [0.05, 0.1) is 71.1 Å². The lowest BCUT2D eigenvalue weighted by Crippen LogP contribution is -2.70. The lowest BCUT2D eigenvalue weighted by atomic mass is 9.94. The lowest BCUT2D eigenvalue weighted by molar-refractivity contribution is -0.398. The Morgan fingerprint density at radius 3 is 1.12 bits per heavy atom. The second-order valence-corrected chi connectivity index (χ2v) is 30.0. The van der Waals surface area contributed by atoms with E-state index in [0.717, 1.165) is 27.7 Å². The number of benzene rings is 1. The summed E-state index contributed by atoms with van der Waals surface area (Å²) >= 11 is 0. The van der Waals surface area contributed by atoms with Gasteiger partial charge in [0, 0.05) is 39.9 Å². The van der Waals surface area contributed by atoms with Gasteiger partial charge in [0.2, 0.25) is 23.6 Å². The van der Waals surface area contributed by atoms with Crippen LogP contribution in [0.4, 0.5) is 5.69 Å². The van der Waals surface area contributed by atoms with Gasteiger partial charge >= 0.3 is 0 Å². The molecule has 1 aromatic carbocycles. The molecule has 0 bridgehead atoms. The van der Waals surface area contributed by atoms with E-state index in [1.807, 2.05) is 0 Å². The first-order chi connectivity index (χ1) is 57.3. The van der Waals surface area contributed by atoms with E-state index in [0.29, 0.717) is 0 Å². The van der Waals surface area contributed by atoms with E-state index < -0.39 is 365 Å². The van der Waals surface area contributed by atoms with E-state index in [1.165, 1.54) is 24.3 Å². The molecule has 8 heterocycles. The van der Waals surface area contributed by atoms with Crippen LogP contribution in [0.1, 0.15) is 38.1 Å². The van der Waals surface area contributed by atoms with Gasteiger partial charge in [-0.3, -0.25) is 24.0 Å². The summed E-state index contributed by atoms with van der Waals surface area (Å²) in [4.78, 5) is 64.1. The van der Waals surface area contributed by atoms with Gasteiger partial charge in [0.25, 0.3) is 5.91 Å². The topological polar surface area (TPSA) is 825 Å². The first-order valence-corrected chi connectivity index (χ1v) is 38.4. The second-order valence-electron chi connectivity index (χ2n) is 30.0. The summed E-state index contributed by atoms with van der Waals surface area (Å²) in [6.45, 7) is -6.92. The van der Waals surface area contributed by atoms with E-state index >= 15 is 0 Å². The number of ether oxygens (including phenoxy) is 16. The smallest absolute Gasteiger partial charge is 0.250 e. The number of carbonyl (C=O) groups is 5. The van der Waals surface area contributed by atoms with Crippen LogP contribution in [0.5, 0.6) is 0 Å². The number of amides is 5. The predicted octanol–water partition coefficient (Wildman–Crippen LogP) is -19.2. The molecule has 32 N–H and O–H groups in total. The number of primary amides is 1. The van der Waals surface area contributed by atoms with Gasteiger partial charge in [0.1, 0.15) is 213 Å². The number of aliphatic hydroxyl groups excluding tert-OH is 25. The zero-order chi connectivity index (χ0) is 89.2. The van der Waals surface area contributed by atoms with Crippen LogP contribution in [0.15, 0.2) is 24.3 Å². The minimum atomic E-state index is -2.62. The highest BCUT2D eigenvalue weighted by Gasteiger charge is 2.61. The summed E-state index contributed by atoms with van der Waals surface area (Å²) in [5.74, 6) is -4.59. The highest BCUT2D eigenvalue weighted by molar-refractivity contribution is 5.98. The Morgan fingerprint density at radius 1 is 0.372 bits per heavy atom. The van der Waals surface area contributed by atoms with Crippen molar-refractivity contribution in [1.29, 1.82) is 0 Å². The number of hydrogen-bond donors (Lipinski definition) is 31. The first kappa shape index (κ1) is 99.5. The zero-order valence-electron chi connectivity index (χ0n) is 65.1. The standard InChI is InChI=1S/C69H112N6O46/c1-19(84)72-25(9-71-24-8-6-5-7-23(24)61(70)105)38(89)54(26(88)10-76)115-62-35(73-20(2)85)44(95)57(33(17-83)111-62)118-67-53(104)58(119-69-60(50(101)42(93)30(14-80)110-69)121-64-37(75-22(4)87)46(97)56(32(16-82)113-64)117-66-52(103)48(99)40(91)28(12-78)108-66)43(94)34(114-67)18-106-68-59(49(100)41(92)29(13-79)109-68)120-63-36(74-21(3)86)45(96)55(31(15-81)112-63)116-65-51(102)47(98)39(90)27(11-77)107-65/h5-8,25-60,62-69,71,76-83,88-104H,9-18H2,1-4H3,(H2,70,105)(H,72,84)(H,73,85)(H,74,86)(H,75,87)/t25-,26+,27+,28+,29+,30+,31+,32+,33+,34+,35+,36+,37+,38+,39-,40-,41+,42+,43+,44+,45+,46+,47-,48-,49-,50-,51+,52+,53-,54+,55+,56+,57+,58-,59-,60-,62-,63-,64?,65-,66-,67-,68-,69+/m0/s1. The molecule has 52 heteroatoms. The average Bonchev–Trinajstić information content (AvgIpc) is 0.769. The maximum absolute atomic E-state index is 13.2. The third-order valence-electron chi connectivity index (χ3n) is 21.5. The van der Waals surface area contributed by atoms with Crippen LogP contribution in [0.2, 0.25) is 0 Å². The second kappa shape index (κ2) is 44.4. The Balaban J connectivity index is 1.06. The molecule has 8 fully saturated rings. The molecule has 0 saturated carbocycles. The van der Waals surface area contributed by atoms with Gasteiger partial charge in [-0.25, -0.2) is 0 Å². The summed E-state index contributed by atoms with van der Waals surface area (Å²) in [6.07, 6.45) is -85.3. The number of nitrogens with one attached hydrogen (secondary N) is 5. The van der Waals surface area contributed by atoms with Gasteiger partial charge in [-0.2, -0.15) is 0 Å². The van der Waals surface area contributed by atoms with Crippen LogP contribution in [0.25, 0.3) is 0 Å². The molecular formula is C69H112N6O46. The van der Waals surface area contributed by atoms with Gasteiger partial charge in [-0.05, 0) is 12.1 Å². The maximum atomic E-state index is 13.2. The normalized spacial score (nSPS) is 43.3. The monoisotopic (exact) mass is 1760 g/mol. The van der Waals surface area contributed by atoms with Crippen molar-refractivity contribution in [1.82, 2.24) is 21.3 Å². The van der Waals surface area contributed by atoms with Crippen molar-refractivity contribution in [2.75, 3.05) is 71.3 Å². The van der Waals surface area contributed by atoms with Crippen molar-refractivity contribution in [2.24, 2.45) is 5.73 Å². The highest BCUT2D eigenvalue weighted by Crippen LogP contribution is 2.40. The zero-order valence-corrected chi connectivity index (χ0v) is 65.1. The minimum Gasteiger partial charge on any atom is -0.394 e. The average molecular weight is 1760 g/mol. The van der Waals surface area contributed by atoms with Crippen molar-refractivity contribution in [3.63, 3.8) is 0 Å². The molecular weight excluding hydrogens is 1650 g/mol. The molecule has 8 saturated heterocycles. The van der Waals surface area contributed by atoms with Crippen molar-refractivity contribution in [3.8, 4) is 0 Å². The fourth-order valence-corrected chi connectivity index (χ4v) is 15.1. The van der Waals surface area contributed by atoms with E-state index in [2.05, 4.69) is 26.6 Å². The third-order valence-corrected chi connectivity index (χ3v) is 21.5. The number of anilines is 1. The molecule has 121 heavy (non-hydrogen) atoms. The predicted molar refractivity (Wildman–Crippen MR) is 382 cm³/mol. The molecule has 1 unspecified atom stereocenters. The number of rotatable bonds is 36. The molecule has 694 valence electrons. The van der Waals surface area contributed by atoms with E-state index in [-0.39, 0.29) is 11.3 Å². The molecule has 44 atom stereocenters. The van der Waals surface area contributed by atoms with Crippen molar-refractivity contribution in [2.45, 2.75) is 298 Å². The van der Waals surface area contributed by atoms with Crippen molar-refractivity contribution in [3.05, 3.63) is 29.8 Å². The maximum Gasteiger partial charge on any atom is 0.250 e. The SMILES string of the molecule is CC(=O)N[C@H]1[C@H](O[C@@H]([C@H](O)[C@H](CNc2ccccc2C(N)=O)NC(C)=O)[C@H](O)CO)O[C@H](CO)[C@@H](O[C@@H]2O[C@H](CO[C@H]3O[C@H](CO)[C@@H](O)[C@H](O)[C@@H]3O[C@@H]3O[C@H](CO)[C@@H](O[C@@H]4O[C@H](CO)[C@H](O)[C@H](O)[C@H]4O)[C@H](O)[C@H]3NC(C)=O)[C@@H](O)[C@H](O[C@H]3O[C@H](CO)[C@@H](O)[C@H](O)[C@@H]3OC3O[C@H](CO)[C@@H](O[C@@H]4O[C@H](CO)[C@H](O)[C@H](O)[C@H]4O)[C@H](O)[C@H]3NC(C)=O)[C@@H]2O)[C@@H]1O. The number of hydrogen-bond acceptors (Lipinski definition) is 47. The summed E-state index contributed by atoms with van der Waals surface area (Å²) in [7, 11) is 0. The Kier molecular flexibility index (Phi) is 36.5. The quantitative estimate of drug-likeness (QED) is 0.0297. The number of aliphatic hydroxyl groups is 25. The van der Waals surface area contributed by atoms with Gasteiger partial charge in [0.15, 0.2) is 50.3 Å². The molecule has 9 rings (SSSR count). The Morgan fingerprint density at radius 2 is 0.719 bits per heavy atom. The fourth-order valence-electron chi connectivity index (χ4n) is 15.1. The molecule has 0 aromatic heterocycles. The fraction of sp³-hybridized carbons (Fsp3) is 0.841. The van der Waals surface area contributed by atoms with Crippen LogP contribution in [0.3, 0.4) is 0 Å². The van der Waals surface area contributed by atoms with Crippen molar-refractivity contribution >= 4 is 35.2 Å². The number of para-hydroxylation sites is 1. The summed E-state index contributed by atoms with van der Waals surface area (Å²) in [5, 5.41) is 292. The van der Waals surface area contributed by atoms with Crippen LogP contribution >= 0.6 is 0 Å². The Hall–Kier alpha value is -5.27. The Bertz CT molecular complexity index is 3430. The minimum absolute atomic E-state index is 0.0426. The molecule has 0 aliphatic carbocycles. The molecule has 0 spiro atoms. The van der Waals surface area contributed by atoms with Crippen LogP contribution < -0.4 is 32.3 Å². The first-order valence-electron chi connectivity index (χ1n) is 38.4. The van der Waals surface area contributed by atoms with E-state index in [1.54, 1.807) is 0 Å². The van der Waals surface area contributed by atoms with Crippen molar-refractivity contribution < 1.29 is 227 Å². The largest absolute Gasteiger partial charge is 0.394 e. The number of carbonyl (C=O) groups excluding carboxylic acids is 5. The molecule has 5 amide bonds. The number of nitrogens with two attached hydrogens (primary N) is 1. The molecule has 8 aliphatic heterocycles. The third kappa shape index (κ3) is 23.0. The van der Waals surface area contributed by atoms with E-state index in [4.69, 9.17) is 81.5 Å². The highest BCUT2D eigenvalue weighted by atomic mass is 16.8. The summed E-state index contributed by atoms with van der Waals surface area (Å²) in [5.41, 5.74) is 5.61. The van der Waals surface area contributed by atoms with Gasteiger partial charge in [-0.15, -0.1) is 0 Å². The van der Waals surface area contributed by atoms with Crippen LogP contribution in [-0.4, -0.2) is 493 Å². The Labute approximate surface area is 686 Å². The molecule has 52 nitrogen and oxygen atoms in total. The molecule has 8 aliphatic rings. The summed E-state index contributed by atoms with van der Waals surface area (Å²) in [6, 6.07) is -1.71. The molecule has 1 aromatic rings. The van der Waals surface area contributed by atoms with E-state index in [9.17, 15) is 152 Å². The van der Waals surface area contributed by atoms with Crippen LogP contribution in [-0.2, 0) is 95.0 Å². The molecule has 0 radical (unpaired) electrons.